The summed E-state index contributed by atoms with van der Waals surface area (Å²) in [5.74, 6) is 1.19. The Hall–Kier alpha value is -1.89. The lowest BCUT2D eigenvalue weighted by atomic mass is 9.85. The van der Waals surface area contributed by atoms with Crippen molar-refractivity contribution in [3.63, 3.8) is 0 Å². The first-order valence-corrected chi connectivity index (χ1v) is 9.35. The van der Waals surface area contributed by atoms with Crippen LogP contribution in [0.3, 0.4) is 0 Å². The van der Waals surface area contributed by atoms with Crippen molar-refractivity contribution in [2.24, 2.45) is 5.92 Å². The average molecular weight is 347 g/mol. The van der Waals surface area contributed by atoms with Gasteiger partial charge in [0.05, 0.1) is 6.10 Å². The van der Waals surface area contributed by atoms with Crippen LogP contribution in [0, 0.1) is 5.92 Å². The molecule has 0 spiro atoms. The van der Waals surface area contributed by atoms with Crippen molar-refractivity contribution in [1.29, 1.82) is 0 Å². The standard InChI is InChI=1S/C18H29N5O2/c1-25-16(14-6-3-2-4-7-14)12-21-18(24)23-11-8-15(13-23)22-17-19-9-5-10-20-17/h5,9-10,14-16H,2-4,6-8,11-13H2,1H3,(H,21,24)(H,19,20,22). The van der Waals surface area contributed by atoms with E-state index in [9.17, 15) is 4.79 Å². The monoisotopic (exact) mass is 347 g/mol. The fraction of sp³-hybridized carbons (Fsp3) is 0.722. The van der Waals surface area contributed by atoms with Crippen LogP contribution in [0.15, 0.2) is 18.5 Å². The van der Waals surface area contributed by atoms with Gasteiger partial charge in [0.15, 0.2) is 0 Å². The second-order valence-electron chi connectivity index (χ2n) is 7.01. The van der Waals surface area contributed by atoms with Crippen LogP contribution in [-0.2, 0) is 4.74 Å². The Balaban J connectivity index is 1.42. The maximum atomic E-state index is 12.4. The molecule has 1 saturated heterocycles. The van der Waals surface area contributed by atoms with Crippen molar-refractivity contribution in [1.82, 2.24) is 20.2 Å². The van der Waals surface area contributed by atoms with Gasteiger partial charge in [-0.25, -0.2) is 14.8 Å². The SMILES string of the molecule is COC(CNC(=O)N1CCC(Nc2ncccn2)C1)C1CCCCC1. The molecule has 1 aromatic heterocycles. The predicted octanol–water partition coefficient (Wildman–Crippen LogP) is 2.27. The van der Waals surface area contributed by atoms with E-state index in [2.05, 4.69) is 20.6 Å². The number of urea groups is 1. The van der Waals surface area contributed by atoms with Crippen molar-refractivity contribution in [3.8, 4) is 0 Å². The number of ether oxygens (including phenoxy) is 1. The molecule has 1 aliphatic heterocycles. The van der Waals surface area contributed by atoms with E-state index < -0.39 is 0 Å². The highest BCUT2D eigenvalue weighted by Crippen LogP contribution is 2.27. The molecule has 1 saturated carbocycles. The number of nitrogens with one attached hydrogen (secondary N) is 2. The first kappa shape index (κ1) is 17.9. The van der Waals surface area contributed by atoms with Gasteiger partial charge in [-0.15, -0.1) is 0 Å². The summed E-state index contributed by atoms with van der Waals surface area (Å²) in [7, 11) is 1.75. The van der Waals surface area contributed by atoms with Gasteiger partial charge < -0.3 is 20.3 Å². The van der Waals surface area contributed by atoms with Gasteiger partial charge in [0.2, 0.25) is 5.95 Å². The van der Waals surface area contributed by atoms with Crippen LogP contribution in [0.2, 0.25) is 0 Å². The van der Waals surface area contributed by atoms with Gasteiger partial charge in [0, 0.05) is 45.2 Å². The minimum Gasteiger partial charge on any atom is -0.379 e. The summed E-state index contributed by atoms with van der Waals surface area (Å²) in [5, 5.41) is 6.35. The highest BCUT2D eigenvalue weighted by molar-refractivity contribution is 5.74. The van der Waals surface area contributed by atoms with Crippen LogP contribution < -0.4 is 10.6 Å². The number of nitrogens with zero attached hydrogens (tertiary/aromatic N) is 3. The summed E-state index contributed by atoms with van der Waals surface area (Å²) in [6.45, 7) is 2.01. The van der Waals surface area contributed by atoms with Crippen LogP contribution in [0.4, 0.5) is 10.7 Å². The van der Waals surface area contributed by atoms with Crippen molar-refractivity contribution in [2.45, 2.75) is 50.7 Å². The Kier molecular flexibility index (Phi) is 6.44. The number of likely N-dealkylation sites (tertiary alicyclic amines) is 1. The summed E-state index contributed by atoms with van der Waals surface area (Å²) >= 11 is 0. The van der Waals surface area contributed by atoms with Crippen molar-refractivity contribution >= 4 is 12.0 Å². The zero-order valence-electron chi connectivity index (χ0n) is 15.0. The Morgan fingerprint density at radius 3 is 2.76 bits per heavy atom. The lowest BCUT2D eigenvalue weighted by Crippen LogP contribution is -2.44. The van der Waals surface area contributed by atoms with Crippen LogP contribution in [-0.4, -0.2) is 59.8 Å². The highest BCUT2D eigenvalue weighted by atomic mass is 16.5. The second-order valence-corrected chi connectivity index (χ2v) is 7.01. The molecule has 1 aromatic rings. The molecule has 0 radical (unpaired) electrons. The summed E-state index contributed by atoms with van der Waals surface area (Å²) in [5.41, 5.74) is 0. The van der Waals surface area contributed by atoms with Gasteiger partial charge in [0.25, 0.3) is 0 Å². The molecule has 2 unspecified atom stereocenters. The molecule has 25 heavy (non-hydrogen) atoms. The largest absolute Gasteiger partial charge is 0.379 e. The molecule has 2 heterocycles. The van der Waals surface area contributed by atoms with Crippen molar-refractivity contribution in [2.75, 3.05) is 32.1 Å². The van der Waals surface area contributed by atoms with Gasteiger partial charge >= 0.3 is 6.03 Å². The van der Waals surface area contributed by atoms with E-state index in [1.165, 1.54) is 32.1 Å². The van der Waals surface area contributed by atoms with Crippen LogP contribution in [0.25, 0.3) is 0 Å². The van der Waals surface area contributed by atoms with E-state index in [4.69, 9.17) is 4.74 Å². The molecule has 2 aliphatic rings. The maximum absolute atomic E-state index is 12.4. The summed E-state index contributed by atoms with van der Waals surface area (Å²) in [4.78, 5) is 22.7. The van der Waals surface area contributed by atoms with Gasteiger partial charge in [-0.2, -0.15) is 0 Å². The third-order valence-electron chi connectivity index (χ3n) is 5.31. The lowest BCUT2D eigenvalue weighted by Gasteiger charge is -2.30. The molecule has 7 nitrogen and oxygen atoms in total. The number of amides is 2. The Labute approximate surface area is 149 Å². The smallest absolute Gasteiger partial charge is 0.317 e. The number of rotatable bonds is 6. The Morgan fingerprint density at radius 1 is 1.28 bits per heavy atom. The summed E-state index contributed by atoms with van der Waals surface area (Å²) in [6, 6.07) is 1.99. The Bertz CT molecular complexity index is 536. The van der Waals surface area contributed by atoms with E-state index in [-0.39, 0.29) is 18.2 Å². The fourth-order valence-electron chi connectivity index (χ4n) is 3.87. The average Bonchev–Trinajstić information content (AvgIpc) is 3.12. The molecule has 2 atom stereocenters. The molecule has 0 bridgehead atoms. The number of hydrogen-bond acceptors (Lipinski definition) is 5. The van der Waals surface area contributed by atoms with E-state index in [1.54, 1.807) is 25.6 Å². The molecule has 0 aromatic carbocycles. The zero-order chi connectivity index (χ0) is 17.5. The molecule has 2 N–H and O–H groups in total. The number of carbonyl (C=O) groups excluding carboxylic acids is 1. The third kappa shape index (κ3) is 5.04. The maximum Gasteiger partial charge on any atom is 0.317 e. The number of methoxy groups -OCH3 is 1. The molecular formula is C18H29N5O2. The lowest BCUT2D eigenvalue weighted by molar-refractivity contribution is 0.0378. The number of carbonyl (C=O) groups is 1. The van der Waals surface area contributed by atoms with Crippen LogP contribution in [0.1, 0.15) is 38.5 Å². The number of aromatic nitrogens is 2. The molecular weight excluding hydrogens is 318 g/mol. The van der Waals surface area contributed by atoms with Gasteiger partial charge in [-0.3, -0.25) is 0 Å². The van der Waals surface area contributed by atoms with Gasteiger partial charge in [0.1, 0.15) is 0 Å². The van der Waals surface area contributed by atoms with Crippen LogP contribution >= 0.6 is 0 Å². The molecule has 3 rings (SSSR count). The predicted molar refractivity (Wildman–Crippen MR) is 96.4 cm³/mol. The molecule has 138 valence electrons. The van der Waals surface area contributed by atoms with Crippen LogP contribution in [0.5, 0.6) is 0 Å². The summed E-state index contributed by atoms with van der Waals surface area (Å²) in [6.07, 6.45) is 10.8. The zero-order valence-corrected chi connectivity index (χ0v) is 15.0. The minimum atomic E-state index is -0.00357. The topological polar surface area (TPSA) is 79.4 Å². The van der Waals surface area contributed by atoms with E-state index in [0.717, 1.165) is 13.0 Å². The molecule has 2 amide bonds. The first-order valence-electron chi connectivity index (χ1n) is 9.35. The normalized spacial score (nSPS) is 22.6. The Morgan fingerprint density at radius 2 is 2.04 bits per heavy atom. The molecule has 7 heteroatoms. The summed E-state index contributed by atoms with van der Waals surface area (Å²) < 4.78 is 5.64. The number of hydrogen-bond donors (Lipinski definition) is 2. The molecule has 2 fully saturated rings. The number of anilines is 1. The van der Waals surface area contributed by atoms with E-state index in [0.29, 0.717) is 25.0 Å². The third-order valence-corrected chi connectivity index (χ3v) is 5.31. The quantitative estimate of drug-likeness (QED) is 0.825. The van der Waals surface area contributed by atoms with Gasteiger partial charge in [-0.1, -0.05) is 19.3 Å². The fourth-order valence-corrected chi connectivity index (χ4v) is 3.87. The van der Waals surface area contributed by atoms with Crippen molar-refractivity contribution in [3.05, 3.63) is 18.5 Å². The minimum absolute atomic E-state index is 0.00357. The van der Waals surface area contributed by atoms with E-state index >= 15 is 0 Å². The molecule has 1 aliphatic carbocycles. The second kappa shape index (κ2) is 8.99. The van der Waals surface area contributed by atoms with Crippen molar-refractivity contribution < 1.29 is 9.53 Å². The van der Waals surface area contributed by atoms with E-state index in [1.807, 2.05) is 4.90 Å². The highest BCUT2D eigenvalue weighted by Gasteiger charge is 2.28. The first-order chi connectivity index (χ1) is 12.3. The van der Waals surface area contributed by atoms with Gasteiger partial charge in [-0.05, 0) is 31.2 Å².